The molecular formula is C14H6Cl2F3N3OS2. The highest BCUT2D eigenvalue weighted by atomic mass is 35.5. The number of carbonyl (C=O) groups excluding carboxylic acids is 1. The van der Waals surface area contributed by atoms with E-state index in [1.54, 1.807) is 23.6 Å². The predicted molar refractivity (Wildman–Crippen MR) is 92.6 cm³/mol. The summed E-state index contributed by atoms with van der Waals surface area (Å²) < 4.78 is 38.4. The highest BCUT2D eigenvalue weighted by Crippen LogP contribution is 2.34. The van der Waals surface area contributed by atoms with E-state index in [9.17, 15) is 18.0 Å². The minimum atomic E-state index is -4.70. The zero-order valence-electron chi connectivity index (χ0n) is 11.9. The van der Waals surface area contributed by atoms with Gasteiger partial charge in [0.05, 0.1) is 16.2 Å². The zero-order chi connectivity index (χ0) is 18.2. The molecule has 4 nitrogen and oxygen atoms in total. The average Bonchev–Trinajstić information content (AvgIpc) is 3.15. The number of halogens is 5. The molecule has 0 bridgehead atoms. The molecule has 1 N–H and O–H groups in total. The highest BCUT2D eigenvalue weighted by molar-refractivity contribution is 7.14. The Bertz CT molecular complexity index is 940. The molecule has 0 spiro atoms. The normalized spacial score (nSPS) is 11.6. The fourth-order valence-electron chi connectivity index (χ4n) is 1.92. The van der Waals surface area contributed by atoms with Gasteiger partial charge in [-0.1, -0.05) is 23.2 Å². The van der Waals surface area contributed by atoms with Crippen LogP contribution in [-0.4, -0.2) is 15.9 Å². The number of benzene rings is 1. The maximum atomic E-state index is 12.8. The summed E-state index contributed by atoms with van der Waals surface area (Å²) >= 11 is 13.6. The van der Waals surface area contributed by atoms with Crippen LogP contribution < -0.4 is 5.32 Å². The minimum absolute atomic E-state index is 0.146. The van der Waals surface area contributed by atoms with Crippen LogP contribution in [0.5, 0.6) is 0 Å². The Balaban J connectivity index is 1.82. The standard InChI is InChI=1S/C14H6Cl2F3N3OS2/c15-6-1-2-7(8(16)3-6)9-4-24-13(21-9)22-12(23)10-11(14(17,18)19)20-5-25-10/h1-5H,(H,21,22,23). The Kier molecular flexibility index (Phi) is 5.01. The Morgan fingerprint density at radius 1 is 1.20 bits per heavy atom. The molecule has 0 fully saturated rings. The molecule has 0 atom stereocenters. The molecule has 3 rings (SSSR count). The Labute approximate surface area is 157 Å². The van der Waals surface area contributed by atoms with Crippen molar-refractivity contribution < 1.29 is 18.0 Å². The summed E-state index contributed by atoms with van der Waals surface area (Å²) in [5.41, 5.74) is 0.824. The molecule has 2 aromatic heterocycles. The van der Waals surface area contributed by atoms with Gasteiger partial charge in [-0.15, -0.1) is 22.7 Å². The maximum Gasteiger partial charge on any atom is 0.434 e. The van der Waals surface area contributed by atoms with Crippen LogP contribution in [0, 0.1) is 0 Å². The Morgan fingerprint density at radius 3 is 2.64 bits per heavy atom. The number of carbonyl (C=O) groups is 1. The number of hydrogen-bond donors (Lipinski definition) is 1. The van der Waals surface area contributed by atoms with Crippen molar-refractivity contribution in [2.75, 3.05) is 5.32 Å². The van der Waals surface area contributed by atoms with Crippen molar-refractivity contribution in [1.82, 2.24) is 9.97 Å². The molecule has 11 heteroatoms. The molecule has 0 unspecified atom stereocenters. The van der Waals surface area contributed by atoms with Crippen LogP contribution in [0.3, 0.4) is 0 Å². The molecule has 0 aliphatic heterocycles. The van der Waals surface area contributed by atoms with E-state index in [0.717, 1.165) is 16.8 Å². The summed E-state index contributed by atoms with van der Waals surface area (Å²) in [5, 5.41) is 4.95. The SMILES string of the molecule is O=C(Nc1nc(-c2ccc(Cl)cc2Cl)cs1)c1scnc1C(F)(F)F. The van der Waals surface area contributed by atoms with Gasteiger partial charge in [-0.2, -0.15) is 13.2 Å². The first-order valence-corrected chi connectivity index (χ1v) is 9.00. The lowest BCUT2D eigenvalue weighted by Gasteiger charge is -2.05. The lowest BCUT2D eigenvalue weighted by molar-refractivity contribution is -0.141. The zero-order valence-corrected chi connectivity index (χ0v) is 15.0. The van der Waals surface area contributed by atoms with Gasteiger partial charge < -0.3 is 0 Å². The summed E-state index contributed by atoms with van der Waals surface area (Å²) in [6.07, 6.45) is -4.70. The van der Waals surface area contributed by atoms with E-state index in [4.69, 9.17) is 23.2 Å². The van der Waals surface area contributed by atoms with Crippen molar-refractivity contribution >= 4 is 56.9 Å². The average molecular weight is 424 g/mol. The van der Waals surface area contributed by atoms with Gasteiger partial charge in [0.15, 0.2) is 10.8 Å². The molecule has 1 amide bonds. The van der Waals surface area contributed by atoms with Gasteiger partial charge >= 0.3 is 6.18 Å². The number of nitrogens with one attached hydrogen (secondary N) is 1. The largest absolute Gasteiger partial charge is 0.434 e. The predicted octanol–water partition coefficient (Wildman–Crippen LogP) is 5.84. The van der Waals surface area contributed by atoms with Crippen LogP contribution in [-0.2, 0) is 6.18 Å². The van der Waals surface area contributed by atoms with Crippen LogP contribution in [0.4, 0.5) is 18.3 Å². The molecule has 1 aromatic carbocycles. The Morgan fingerprint density at radius 2 is 1.96 bits per heavy atom. The molecule has 0 radical (unpaired) electrons. The number of alkyl halides is 3. The van der Waals surface area contributed by atoms with Crippen molar-refractivity contribution in [2.24, 2.45) is 0 Å². The number of anilines is 1. The van der Waals surface area contributed by atoms with Crippen molar-refractivity contribution in [2.45, 2.75) is 6.18 Å². The highest BCUT2D eigenvalue weighted by Gasteiger charge is 2.38. The first kappa shape index (κ1) is 18.1. The minimum Gasteiger partial charge on any atom is -0.297 e. The van der Waals surface area contributed by atoms with Gasteiger partial charge in [0, 0.05) is 16.0 Å². The molecule has 25 heavy (non-hydrogen) atoms. The van der Waals surface area contributed by atoms with Gasteiger partial charge in [0.2, 0.25) is 0 Å². The van der Waals surface area contributed by atoms with Crippen LogP contribution in [0.25, 0.3) is 11.3 Å². The van der Waals surface area contributed by atoms with Crippen molar-refractivity contribution in [3.05, 3.63) is 49.7 Å². The van der Waals surface area contributed by atoms with Crippen molar-refractivity contribution in [3.63, 3.8) is 0 Å². The van der Waals surface area contributed by atoms with E-state index in [1.165, 1.54) is 0 Å². The summed E-state index contributed by atoms with van der Waals surface area (Å²) in [5.74, 6) is -0.919. The molecular weight excluding hydrogens is 418 g/mol. The van der Waals surface area contributed by atoms with Crippen molar-refractivity contribution in [3.8, 4) is 11.3 Å². The van der Waals surface area contributed by atoms with Crippen LogP contribution >= 0.6 is 45.9 Å². The van der Waals surface area contributed by atoms with Gasteiger partial charge in [0.1, 0.15) is 4.88 Å². The number of hydrogen-bond acceptors (Lipinski definition) is 5. The first-order valence-electron chi connectivity index (χ1n) is 6.48. The van der Waals surface area contributed by atoms with E-state index >= 15 is 0 Å². The smallest absolute Gasteiger partial charge is 0.297 e. The van der Waals surface area contributed by atoms with Gasteiger partial charge in [0.25, 0.3) is 5.91 Å². The number of thiazole rings is 2. The molecule has 0 aliphatic rings. The fourth-order valence-corrected chi connectivity index (χ4v) is 3.83. The number of amides is 1. The van der Waals surface area contributed by atoms with Gasteiger partial charge in [-0.05, 0) is 18.2 Å². The Hall–Kier alpha value is -1.68. The lowest BCUT2D eigenvalue weighted by Crippen LogP contribution is -2.17. The number of nitrogens with zero attached hydrogens (tertiary/aromatic N) is 2. The fraction of sp³-hybridized carbons (Fsp3) is 0.0714. The second-order valence-electron chi connectivity index (χ2n) is 4.64. The summed E-state index contributed by atoms with van der Waals surface area (Å²) in [6.45, 7) is 0. The second-order valence-corrected chi connectivity index (χ2v) is 7.20. The van der Waals surface area contributed by atoms with Gasteiger partial charge in [-0.25, -0.2) is 9.97 Å². The van der Waals surface area contributed by atoms with Crippen LogP contribution in [0.2, 0.25) is 10.0 Å². The van der Waals surface area contributed by atoms with E-state index < -0.39 is 22.7 Å². The summed E-state index contributed by atoms with van der Waals surface area (Å²) in [6, 6.07) is 4.84. The third kappa shape index (κ3) is 3.95. The maximum absolute atomic E-state index is 12.8. The van der Waals surface area contributed by atoms with E-state index in [1.807, 2.05) is 0 Å². The topological polar surface area (TPSA) is 54.9 Å². The third-order valence-electron chi connectivity index (χ3n) is 2.97. The van der Waals surface area contributed by atoms with E-state index in [-0.39, 0.29) is 5.13 Å². The first-order chi connectivity index (χ1) is 11.8. The van der Waals surface area contributed by atoms with Crippen LogP contribution in [0.1, 0.15) is 15.4 Å². The second kappa shape index (κ2) is 6.91. The molecule has 0 saturated carbocycles. The molecule has 0 saturated heterocycles. The molecule has 130 valence electrons. The number of aromatic nitrogens is 2. The van der Waals surface area contributed by atoms with Crippen LogP contribution in [0.15, 0.2) is 29.1 Å². The summed E-state index contributed by atoms with van der Waals surface area (Å²) in [7, 11) is 0. The third-order valence-corrected chi connectivity index (χ3v) is 5.10. The number of rotatable bonds is 3. The quantitative estimate of drug-likeness (QED) is 0.575. The molecule has 0 aliphatic carbocycles. The summed E-state index contributed by atoms with van der Waals surface area (Å²) in [4.78, 5) is 18.9. The molecule has 3 aromatic rings. The van der Waals surface area contributed by atoms with E-state index in [0.29, 0.717) is 32.6 Å². The molecule has 2 heterocycles. The lowest BCUT2D eigenvalue weighted by atomic mass is 10.2. The van der Waals surface area contributed by atoms with Gasteiger partial charge in [-0.3, -0.25) is 10.1 Å². The van der Waals surface area contributed by atoms with Crippen molar-refractivity contribution in [1.29, 1.82) is 0 Å². The monoisotopic (exact) mass is 423 g/mol. The van der Waals surface area contributed by atoms with E-state index in [2.05, 4.69) is 15.3 Å².